The monoisotopic (exact) mass is 223 g/mol. The first-order valence-corrected chi connectivity index (χ1v) is 6.27. The van der Waals surface area contributed by atoms with E-state index in [2.05, 4.69) is 5.32 Å². The van der Waals surface area contributed by atoms with Gasteiger partial charge in [0, 0.05) is 25.5 Å². The average molecular weight is 223 g/mol. The fraction of sp³-hybridized carbons (Fsp3) is 0.750. The van der Waals surface area contributed by atoms with E-state index in [-0.39, 0.29) is 5.69 Å². The molecular formula is C12H21N3O. The number of imidazole rings is 1. The van der Waals surface area contributed by atoms with Crippen molar-refractivity contribution in [2.75, 3.05) is 13.1 Å². The number of nitrogens with one attached hydrogen (secondary N) is 1. The van der Waals surface area contributed by atoms with Crippen molar-refractivity contribution in [2.24, 2.45) is 5.92 Å². The molecule has 4 nitrogen and oxygen atoms in total. The summed E-state index contributed by atoms with van der Waals surface area (Å²) in [4.78, 5) is 11.8. The van der Waals surface area contributed by atoms with Crippen LogP contribution in [-0.4, -0.2) is 22.2 Å². The average Bonchev–Trinajstić information content (AvgIpc) is 2.69. The topological polar surface area (TPSA) is 39.0 Å². The Morgan fingerprint density at radius 3 is 2.88 bits per heavy atom. The minimum Gasteiger partial charge on any atom is -0.316 e. The SMILES string of the molecule is CCn1ccn(CCC2CCCNC2)c1=O. The maximum Gasteiger partial charge on any atom is 0.328 e. The van der Waals surface area contributed by atoms with Crippen LogP contribution in [0.5, 0.6) is 0 Å². The van der Waals surface area contributed by atoms with Gasteiger partial charge in [0.15, 0.2) is 0 Å². The van der Waals surface area contributed by atoms with Crippen molar-refractivity contribution in [3.8, 4) is 0 Å². The molecule has 90 valence electrons. The molecule has 0 spiro atoms. The first kappa shape index (κ1) is 11.5. The van der Waals surface area contributed by atoms with E-state index < -0.39 is 0 Å². The third kappa shape index (κ3) is 2.55. The van der Waals surface area contributed by atoms with Gasteiger partial charge in [0.2, 0.25) is 0 Å². The molecule has 0 amide bonds. The number of aryl methyl sites for hydroxylation is 2. The highest BCUT2D eigenvalue weighted by Gasteiger charge is 2.13. The zero-order valence-electron chi connectivity index (χ0n) is 9.98. The predicted octanol–water partition coefficient (Wildman–Crippen LogP) is 1.06. The second-order valence-electron chi connectivity index (χ2n) is 4.56. The second-order valence-corrected chi connectivity index (χ2v) is 4.56. The van der Waals surface area contributed by atoms with Gasteiger partial charge in [0.25, 0.3) is 0 Å². The Morgan fingerprint density at radius 2 is 2.25 bits per heavy atom. The Morgan fingerprint density at radius 1 is 1.44 bits per heavy atom. The molecule has 0 aromatic carbocycles. The van der Waals surface area contributed by atoms with Gasteiger partial charge in [-0.2, -0.15) is 0 Å². The summed E-state index contributed by atoms with van der Waals surface area (Å²) in [5.74, 6) is 0.741. The Hall–Kier alpha value is -1.03. The van der Waals surface area contributed by atoms with Crippen molar-refractivity contribution in [3.05, 3.63) is 22.9 Å². The molecule has 1 aliphatic rings. The van der Waals surface area contributed by atoms with Crippen LogP contribution >= 0.6 is 0 Å². The third-order valence-corrected chi connectivity index (χ3v) is 3.44. The van der Waals surface area contributed by atoms with Gasteiger partial charge in [-0.15, -0.1) is 0 Å². The Kier molecular flexibility index (Phi) is 3.83. The quantitative estimate of drug-likeness (QED) is 0.829. The van der Waals surface area contributed by atoms with Crippen molar-refractivity contribution < 1.29 is 0 Å². The van der Waals surface area contributed by atoms with E-state index in [1.807, 2.05) is 23.9 Å². The Balaban J connectivity index is 1.88. The van der Waals surface area contributed by atoms with Crippen LogP contribution in [0.4, 0.5) is 0 Å². The molecule has 1 aliphatic heterocycles. The fourth-order valence-electron chi connectivity index (χ4n) is 2.36. The van der Waals surface area contributed by atoms with Crippen LogP contribution in [-0.2, 0) is 13.1 Å². The molecular weight excluding hydrogens is 202 g/mol. The van der Waals surface area contributed by atoms with Gasteiger partial charge >= 0.3 is 5.69 Å². The van der Waals surface area contributed by atoms with Crippen LogP contribution in [0.15, 0.2) is 17.2 Å². The van der Waals surface area contributed by atoms with Crippen molar-refractivity contribution in [2.45, 2.75) is 39.3 Å². The van der Waals surface area contributed by atoms with Crippen molar-refractivity contribution in [1.29, 1.82) is 0 Å². The molecule has 1 aromatic heterocycles. The van der Waals surface area contributed by atoms with Gasteiger partial charge in [-0.1, -0.05) is 0 Å². The van der Waals surface area contributed by atoms with Crippen LogP contribution in [0.3, 0.4) is 0 Å². The summed E-state index contributed by atoms with van der Waals surface area (Å²) in [6.45, 7) is 5.89. The van der Waals surface area contributed by atoms with Gasteiger partial charge < -0.3 is 5.32 Å². The predicted molar refractivity (Wildman–Crippen MR) is 64.6 cm³/mol. The summed E-state index contributed by atoms with van der Waals surface area (Å²) in [6, 6.07) is 0. The fourth-order valence-corrected chi connectivity index (χ4v) is 2.36. The van der Waals surface area contributed by atoms with Crippen LogP contribution in [0.1, 0.15) is 26.2 Å². The highest BCUT2D eigenvalue weighted by Crippen LogP contribution is 2.14. The minimum absolute atomic E-state index is 0.131. The third-order valence-electron chi connectivity index (χ3n) is 3.44. The lowest BCUT2D eigenvalue weighted by molar-refractivity contribution is 0.339. The Bertz CT molecular complexity index is 374. The molecule has 0 aliphatic carbocycles. The smallest absolute Gasteiger partial charge is 0.316 e. The molecule has 0 radical (unpaired) electrons. The van der Waals surface area contributed by atoms with E-state index in [0.29, 0.717) is 0 Å². The lowest BCUT2D eigenvalue weighted by atomic mass is 9.96. The summed E-state index contributed by atoms with van der Waals surface area (Å²) in [7, 11) is 0. The number of hydrogen-bond donors (Lipinski definition) is 1. The number of rotatable bonds is 4. The van der Waals surface area contributed by atoms with Crippen LogP contribution in [0, 0.1) is 5.92 Å². The molecule has 1 unspecified atom stereocenters. The molecule has 2 rings (SSSR count). The molecule has 0 bridgehead atoms. The number of nitrogens with zero attached hydrogens (tertiary/aromatic N) is 2. The van der Waals surface area contributed by atoms with E-state index in [9.17, 15) is 4.79 Å². The van der Waals surface area contributed by atoms with E-state index in [0.717, 1.165) is 38.5 Å². The minimum atomic E-state index is 0.131. The lowest BCUT2D eigenvalue weighted by Gasteiger charge is -2.22. The maximum atomic E-state index is 11.8. The second kappa shape index (κ2) is 5.34. The van der Waals surface area contributed by atoms with Crippen molar-refractivity contribution >= 4 is 0 Å². The van der Waals surface area contributed by atoms with Crippen molar-refractivity contribution in [3.63, 3.8) is 0 Å². The molecule has 2 heterocycles. The van der Waals surface area contributed by atoms with Crippen LogP contribution in [0.2, 0.25) is 0 Å². The van der Waals surface area contributed by atoms with E-state index in [4.69, 9.17) is 0 Å². The summed E-state index contributed by atoms with van der Waals surface area (Å²) >= 11 is 0. The van der Waals surface area contributed by atoms with Gasteiger partial charge in [-0.05, 0) is 45.2 Å². The first-order valence-electron chi connectivity index (χ1n) is 6.27. The zero-order chi connectivity index (χ0) is 11.4. The van der Waals surface area contributed by atoms with Gasteiger partial charge in [-0.3, -0.25) is 9.13 Å². The summed E-state index contributed by atoms with van der Waals surface area (Å²) in [5.41, 5.74) is 0.131. The molecule has 0 saturated carbocycles. The zero-order valence-corrected chi connectivity index (χ0v) is 9.98. The van der Waals surface area contributed by atoms with E-state index in [1.165, 1.54) is 12.8 Å². The number of aromatic nitrogens is 2. The molecule has 1 atom stereocenters. The van der Waals surface area contributed by atoms with E-state index >= 15 is 0 Å². The molecule has 1 fully saturated rings. The van der Waals surface area contributed by atoms with Crippen LogP contribution < -0.4 is 11.0 Å². The van der Waals surface area contributed by atoms with E-state index in [1.54, 1.807) is 4.57 Å². The molecule has 16 heavy (non-hydrogen) atoms. The first-order chi connectivity index (χ1) is 7.81. The number of piperidine rings is 1. The van der Waals surface area contributed by atoms with Gasteiger partial charge in [0.05, 0.1) is 0 Å². The molecule has 1 N–H and O–H groups in total. The molecule has 4 heteroatoms. The summed E-state index contributed by atoms with van der Waals surface area (Å²) < 4.78 is 3.58. The summed E-state index contributed by atoms with van der Waals surface area (Å²) in [6.07, 6.45) is 7.47. The van der Waals surface area contributed by atoms with Crippen molar-refractivity contribution in [1.82, 2.24) is 14.5 Å². The molecule has 1 saturated heterocycles. The van der Waals surface area contributed by atoms with Crippen LogP contribution in [0.25, 0.3) is 0 Å². The molecule has 1 aromatic rings. The summed E-state index contributed by atoms with van der Waals surface area (Å²) in [5, 5.41) is 3.41. The lowest BCUT2D eigenvalue weighted by Crippen LogP contribution is -2.31. The highest BCUT2D eigenvalue weighted by atomic mass is 16.1. The largest absolute Gasteiger partial charge is 0.328 e. The van der Waals surface area contributed by atoms with Gasteiger partial charge in [-0.25, -0.2) is 4.79 Å². The maximum absolute atomic E-state index is 11.8. The standard InChI is InChI=1S/C12H21N3O/c1-2-14-8-9-15(12(14)16)7-5-11-4-3-6-13-10-11/h8-9,11,13H,2-7,10H2,1H3. The van der Waals surface area contributed by atoms with Gasteiger partial charge in [0.1, 0.15) is 0 Å². The normalized spacial score (nSPS) is 21.2. The number of hydrogen-bond acceptors (Lipinski definition) is 2. The highest BCUT2D eigenvalue weighted by molar-refractivity contribution is 4.81. The Labute approximate surface area is 96.3 Å².